The molecular weight excluding hydrogens is 386 g/mol. The van der Waals surface area contributed by atoms with E-state index in [0.29, 0.717) is 13.1 Å². The van der Waals surface area contributed by atoms with Crippen molar-refractivity contribution in [1.29, 1.82) is 0 Å². The highest BCUT2D eigenvalue weighted by atomic mass is 32.2. The third kappa shape index (κ3) is 6.24. The quantitative estimate of drug-likeness (QED) is 0.527. The van der Waals surface area contributed by atoms with E-state index < -0.39 is 21.6 Å². The first-order valence-corrected chi connectivity index (χ1v) is 10.9. The van der Waals surface area contributed by atoms with Gasteiger partial charge in [-0.05, 0) is 23.1 Å². The number of aliphatic hydroxyl groups is 1. The predicted molar refractivity (Wildman–Crippen MR) is 114 cm³/mol. The van der Waals surface area contributed by atoms with Crippen LogP contribution in [0, 0.1) is 0 Å². The molecule has 0 saturated heterocycles. The number of hydrogen-bond acceptors (Lipinski definition) is 4. The van der Waals surface area contributed by atoms with E-state index in [0.717, 1.165) is 16.7 Å². The molecule has 0 radical (unpaired) electrons. The van der Waals surface area contributed by atoms with E-state index in [1.54, 1.807) is 0 Å². The van der Waals surface area contributed by atoms with Gasteiger partial charge in [0, 0.05) is 13.1 Å². The second-order valence-corrected chi connectivity index (χ2v) is 8.55. The lowest BCUT2D eigenvalue weighted by Crippen LogP contribution is -2.47. The summed E-state index contributed by atoms with van der Waals surface area (Å²) in [6.07, 6.45) is 0.279. The lowest BCUT2D eigenvalue weighted by molar-refractivity contribution is 0.0790. The Kier molecular flexibility index (Phi) is 7.17. The zero-order valence-electron chi connectivity index (χ0n) is 16.0. The average molecular weight is 412 g/mol. The number of nitrogens with zero attached hydrogens (tertiary/aromatic N) is 1. The van der Waals surface area contributed by atoms with Crippen molar-refractivity contribution in [2.75, 3.05) is 0 Å². The van der Waals surface area contributed by atoms with Gasteiger partial charge < -0.3 is 5.11 Å². The molecule has 29 heavy (non-hydrogen) atoms. The second-order valence-electron chi connectivity index (χ2n) is 7.04. The minimum atomic E-state index is -4.64. The Bertz CT molecular complexity index is 938. The van der Waals surface area contributed by atoms with Gasteiger partial charge in [0.15, 0.2) is 5.44 Å². The van der Waals surface area contributed by atoms with E-state index in [1.165, 1.54) is 0 Å². The van der Waals surface area contributed by atoms with Crippen molar-refractivity contribution < 1.29 is 18.1 Å². The van der Waals surface area contributed by atoms with Gasteiger partial charge in [-0.2, -0.15) is 8.42 Å². The number of aliphatic hydroxyl groups excluding tert-OH is 1. The number of hydrogen-bond donors (Lipinski definition) is 2. The van der Waals surface area contributed by atoms with Crippen LogP contribution in [-0.4, -0.2) is 34.5 Å². The minimum Gasteiger partial charge on any atom is -0.374 e. The Morgan fingerprint density at radius 1 is 0.690 bits per heavy atom. The number of benzene rings is 3. The Morgan fingerprint density at radius 3 is 1.45 bits per heavy atom. The highest BCUT2D eigenvalue weighted by Gasteiger charge is 2.34. The molecule has 0 heterocycles. The summed E-state index contributed by atoms with van der Waals surface area (Å²) in [7, 11) is -4.64. The Morgan fingerprint density at radius 2 is 1.07 bits per heavy atom. The van der Waals surface area contributed by atoms with Gasteiger partial charge in [-0.3, -0.25) is 9.45 Å². The first-order chi connectivity index (χ1) is 13.9. The van der Waals surface area contributed by atoms with Crippen LogP contribution in [0.2, 0.25) is 0 Å². The Hall–Kier alpha value is -2.51. The molecule has 0 fully saturated rings. The van der Waals surface area contributed by atoms with Crippen molar-refractivity contribution in [3.8, 4) is 0 Å². The lowest BCUT2D eigenvalue weighted by atomic mass is 10.0. The molecule has 0 saturated carbocycles. The van der Waals surface area contributed by atoms with Gasteiger partial charge in [-0.1, -0.05) is 91.0 Å². The largest absolute Gasteiger partial charge is 0.374 e. The van der Waals surface area contributed by atoms with Crippen LogP contribution < -0.4 is 0 Å². The van der Waals surface area contributed by atoms with Crippen molar-refractivity contribution in [3.05, 3.63) is 108 Å². The van der Waals surface area contributed by atoms with Crippen molar-refractivity contribution in [1.82, 2.24) is 4.90 Å². The number of rotatable bonds is 9. The van der Waals surface area contributed by atoms with Gasteiger partial charge in [0.05, 0.1) is 6.04 Å². The smallest absolute Gasteiger partial charge is 0.293 e. The normalized spacial score (nSPS) is 13.9. The summed E-state index contributed by atoms with van der Waals surface area (Å²) in [5, 5.41) is 10.6. The van der Waals surface area contributed by atoms with Gasteiger partial charge in [-0.15, -0.1) is 0 Å². The molecule has 5 nitrogen and oxygen atoms in total. The summed E-state index contributed by atoms with van der Waals surface area (Å²) in [5.41, 5.74) is 0.939. The van der Waals surface area contributed by atoms with Gasteiger partial charge in [0.25, 0.3) is 10.1 Å². The van der Waals surface area contributed by atoms with Crippen molar-refractivity contribution in [2.24, 2.45) is 0 Å². The van der Waals surface area contributed by atoms with Gasteiger partial charge in [0.2, 0.25) is 0 Å². The van der Waals surface area contributed by atoms with Crippen LogP contribution in [0.5, 0.6) is 0 Å². The van der Waals surface area contributed by atoms with Crippen LogP contribution in [0.1, 0.15) is 16.7 Å². The van der Waals surface area contributed by atoms with Crippen LogP contribution in [0.4, 0.5) is 0 Å². The van der Waals surface area contributed by atoms with Crippen LogP contribution in [0.3, 0.4) is 0 Å². The Labute approximate surface area is 172 Å². The molecule has 152 valence electrons. The van der Waals surface area contributed by atoms with Crippen molar-refractivity contribution >= 4 is 10.1 Å². The monoisotopic (exact) mass is 411 g/mol. The molecule has 0 amide bonds. The van der Waals surface area contributed by atoms with Crippen LogP contribution in [-0.2, 0) is 29.6 Å². The molecule has 6 heteroatoms. The first kappa shape index (κ1) is 21.2. The van der Waals surface area contributed by atoms with Crippen molar-refractivity contribution in [3.63, 3.8) is 0 Å². The second kappa shape index (κ2) is 9.80. The van der Waals surface area contributed by atoms with Gasteiger partial charge >= 0.3 is 0 Å². The summed E-state index contributed by atoms with van der Waals surface area (Å²) in [6.45, 7) is 0.861. The molecule has 0 spiro atoms. The van der Waals surface area contributed by atoms with E-state index in [4.69, 9.17) is 0 Å². The molecule has 0 aliphatic heterocycles. The average Bonchev–Trinajstić information content (AvgIpc) is 2.73. The van der Waals surface area contributed by atoms with E-state index >= 15 is 0 Å². The lowest BCUT2D eigenvalue weighted by Gasteiger charge is -2.34. The fourth-order valence-corrected chi connectivity index (χ4v) is 4.06. The van der Waals surface area contributed by atoms with Gasteiger partial charge in [0.1, 0.15) is 0 Å². The zero-order chi connectivity index (χ0) is 20.7. The van der Waals surface area contributed by atoms with Crippen LogP contribution in [0.25, 0.3) is 0 Å². The third-order valence-electron chi connectivity index (χ3n) is 4.85. The first-order valence-electron chi connectivity index (χ1n) is 9.43. The third-order valence-corrected chi connectivity index (χ3v) is 5.77. The summed E-state index contributed by atoms with van der Waals surface area (Å²) < 4.78 is 33.3. The van der Waals surface area contributed by atoms with E-state index in [9.17, 15) is 18.1 Å². The summed E-state index contributed by atoms with van der Waals surface area (Å²) in [5.74, 6) is 0. The molecule has 2 atom stereocenters. The van der Waals surface area contributed by atoms with E-state index in [1.807, 2.05) is 95.9 Å². The highest BCUT2D eigenvalue weighted by Crippen LogP contribution is 2.21. The molecule has 1 unspecified atom stereocenters. The molecule has 3 rings (SSSR count). The fraction of sp³-hybridized carbons (Fsp3) is 0.217. The predicted octanol–water partition coefficient (Wildman–Crippen LogP) is 3.51. The molecule has 0 bridgehead atoms. The molecule has 0 aliphatic carbocycles. The SMILES string of the molecule is O=S(=O)(O)C(O)[C@H](Cc1ccccc1)N(Cc1ccccc1)Cc1ccccc1. The molecule has 2 N–H and O–H groups in total. The van der Waals surface area contributed by atoms with Gasteiger partial charge in [-0.25, -0.2) is 0 Å². The molecule has 0 aromatic heterocycles. The Balaban J connectivity index is 1.97. The van der Waals surface area contributed by atoms with E-state index in [2.05, 4.69) is 0 Å². The molecule has 3 aromatic rings. The summed E-state index contributed by atoms with van der Waals surface area (Å²) >= 11 is 0. The maximum atomic E-state index is 11.9. The van der Waals surface area contributed by atoms with E-state index in [-0.39, 0.29) is 6.42 Å². The summed E-state index contributed by atoms with van der Waals surface area (Å²) in [4.78, 5) is 1.90. The minimum absolute atomic E-state index is 0.279. The van der Waals surface area contributed by atoms with Crippen LogP contribution in [0.15, 0.2) is 91.0 Å². The molecular formula is C23H25NO4S. The van der Waals surface area contributed by atoms with Crippen LogP contribution >= 0.6 is 0 Å². The maximum Gasteiger partial charge on any atom is 0.293 e. The molecule has 3 aromatic carbocycles. The topological polar surface area (TPSA) is 77.8 Å². The molecule has 0 aliphatic rings. The zero-order valence-corrected chi connectivity index (χ0v) is 16.8. The summed E-state index contributed by atoms with van der Waals surface area (Å²) in [6, 6.07) is 27.9. The maximum absolute atomic E-state index is 11.9. The fourth-order valence-electron chi connectivity index (χ4n) is 3.39. The van der Waals surface area contributed by atoms with Crippen molar-refractivity contribution in [2.45, 2.75) is 31.0 Å². The standard InChI is InChI=1S/C23H25NO4S/c25-23(29(26,27)28)22(16-19-10-4-1-5-11-19)24(17-20-12-6-2-7-13-20)18-21-14-8-3-9-15-21/h1-15,22-23,25H,16-18H2,(H,26,27,28)/t22-,23?/m0/s1. The highest BCUT2D eigenvalue weighted by molar-refractivity contribution is 7.86.